The molecule has 0 bridgehead atoms. The van der Waals surface area contributed by atoms with E-state index in [1.807, 2.05) is 21.1 Å². The molecule has 0 saturated heterocycles. The SMILES string of the molecule is CC/C=C\C/C=C\C/C=C\C/C=C\CCCCCCC(=O)OC(COC(=O)CCCCCCC/C=C\C/C=C\C/C=C\CC)COP(=O)([O-])OCC[N+](C)(C)C. The highest BCUT2D eigenvalue weighted by molar-refractivity contribution is 7.45. The predicted molar refractivity (Wildman–Crippen MR) is 231 cm³/mol. The Balaban J connectivity index is 4.47. The quantitative estimate of drug-likeness (QED) is 0.0201. The van der Waals surface area contributed by atoms with Crippen LogP contribution in [0.25, 0.3) is 0 Å². The summed E-state index contributed by atoms with van der Waals surface area (Å²) in [4.78, 5) is 37.5. The van der Waals surface area contributed by atoms with E-state index >= 15 is 0 Å². The Kier molecular flexibility index (Phi) is 35.9. The number of ether oxygens (including phenoxy) is 2. The molecule has 0 aromatic carbocycles. The van der Waals surface area contributed by atoms with Gasteiger partial charge in [0.05, 0.1) is 27.7 Å². The summed E-state index contributed by atoms with van der Waals surface area (Å²) < 4.78 is 33.8. The summed E-state index contributed by atoms with van der Waals surface area (Å²) >= 11 is 0. The molecule has 0 aromatic heterocycles. The Hall–Kier alpha value is -2.81. The number of quaternary nitrogens is 1. The normalized spacial score (nSPS) is 14.5. The van der Waals surface area contributed by atoms with Gasteiger partial charge in [0, 0.05) is 12.8 Å². The molecule has 0 rings (SSSR count). The minimum Gasteiger partial charge on any atom is -0.756 e. The summed E-state index contributed by atoms with van der Waals surface area (Å²) in [6.45, 7) is 3.92. The molecule has 0 radical (unpaired) electrons. The Bertz CT molecular complexity index is 1230. The van der Waals surface area contributed by atoms with E-state index in [4.69, 9.17) is 18.5 Å². The third-order valence-electron chi connectivity index (χ3n) is 8.41. The fraction of sp³-hybridized carbons (Fsp3) is 0.652. The molecule has 56 heavy (non-hydrogen) atoms. The zero-order valence-electron chi connectivity index (χ0n) is 35.8. The number of nitrogens with zero attached hydrogens (tertiary/aromatic N) is 1. The van der Waals surface area contributed by atoms with Gasteiger partial charge in [0.25, 0.3) is 7.82 Å². The maximum Gasteiger partial charge on any atom is 0.306 e. The Labute approximate surface area is 341 Å². The monoisotopic (exact) mass is 804 g/mol. The fourth-order valence-electron chi connectivity index (χ4n) is 5.13. The third kappa shape index (κ3) is 40.8. The molecular formula is C46H78NO8P. The second-order valence-electron chi connectivity index (χ2n) is 14.9. The van der Waals surface area contributed by atoms with Gasteiger partial charge in [0.2, 0.25) is 0 Å². The minimum atomic E-state index is -4.64. The van der Waals surface area contributed by atoms with Crippen LogP contribution in [0.1, 0.15) is 142 Å². The van der Waals surface area contributed by atoms with E-state index in [0.29, 0.717) is 23.9 Å². The van der Waals surface area contributed by atoms with Crippen molar-refractivity contribution in [2.24, 2.45) is 0 Å². The lowest BCUT2D eigenvalue weighted by Gasteiger charge is -2.28. The van der Waals surface area contributed by atoms with Crippen LogP contribution in [-0.2, 0) is 32.7 Å². The molecule has 0 aromatic rings. The van der Waals surface area contributed by atoms with Gasteiger partial charge in [-0.1, -0.05) is 131 Å². The van der Waals surface area contributed by atoms with Crippen molar-refractivity contribution in [3.8, 4) is 0 Å². The summed E-state index contributed by atoms with van der Waals surface area (Å²) in [5, 5.41) is 0. The summed E-state index contributed by atoms with van der Waals surface area (Å²) in [6.07, 6.45) is 47.5. The Morgan fingerprint density at radius 3 is 1.43 bits per heavy atom. The first-order valence-electron chi connectivity index (χ1n) is 21.3. The smallest absolute Gasteiger partial charge is 0.306 e. The van der Waals surface area contributed by atoms with E-state index in [1.54, 1.807) is 0 Å². The first-order valence-corrected chi connectivity index (χ1v) is 22.8. The summed E-state index contributed by atoms with van der Waals surface area (Å²) in [5.41, 5.74) is 0. The zero-order chi connectivity index (χ0) is 41.4. The van der Waals surface area contributed by atoms with Gasteiger partial charge in [0.1, 0.15) is 19.8 Å². The van der Waals surface area contributed by atoms with Crippen LogP contribution in [0, 0.1) is 0 Å². The number of esters is 2. The summed E-state index contributed by atoms with van der Waals surface area (Å²) in [5.74, 6) is -0.892. The number of carbonyl (C=O) groups is 2. The molecule has 0 aliphatic rings. The van der Waals surface area contributed by atoms with Crippen molar-refractivity contribution in [3.05, 3.63) is 85.1 Å². The lowest BCUT2D eigenvalue weighted by molar-refractivity contribution is -0.870. The topological polar surface area (TPSA) is 111 Å². The standard InChI is InChI=1S/C46H78NO8P/c1-6-8-10-12-14-16-18-20-22-23-25-27-29-31-33-35-37-39-46(49)55-44(43-54-56(50,51)53-41-40-47(3,4)5)42-52-45(48)38-36-34-32-30-28-26-24-21-19-17-15-13-11-9-7-2/h8-11,14-17,20-22,24-25,27,44H,6-7,12-13,18-19,23,26,28-43H2,1-5H3/b10-8-,11-9-,16-14-,17-15-,22-20-,24-21-,27-25-. The van der Waals surface area contributed by atoms with Crippen LogP contribution in [-0.4, -0.2) is 70.0 Å². The Morgan fingerprint density at radius 2 is 0.964 bits per heavy atom. The molecule has 0 aliphatic heterocycles. The van der Waals surface area contributed by atoms with Crippen LogP contribution >= 0.6 is 7.82 Å². The Morgan fingerprint density at radius 1 is 0.554 bits per heavy atom. The average Bonchev–Trinajstić information content (AvgIpc) is 3.15. The van der Waals surface area contributed by atoms with Gasteiger partial charge in [-0.3, -0.25) is 14.2 Å². The van der Waals surface area contributed by atoms with Crippen molar-refractivity contribution in [2.75, 3.05) is 47.5 Å². The van der Waals surface area contributed by atoms with Gasteiger partial charge in [-0.15, -0.1) is 0 Å². The van der Waals surface area contributed by atoms with Crippen molar-refractivity contribution < 1.29 is 42.1 Å². The van der Waals surface area contributed by atoms with Crippen LogP contribution in [0.4, 0.5) is 0 Å². The minimum absolute atomic E-state index is 0.0439. The van der Waals surface area contributed by atoms with E-state index < -0.39 is 32.5 Å². The lowest BCUT2D eigenvalue weighted by atomic mass is 10.1. The van der Waals surface area contributed by atoms with Crippen LogP contribution in [0.2, 0.25) is 0 Å². The van der Waals surface area contributed by atoms with Gasteiger partial charge >= 0.3 is 11.9 Å². The molecule has 0 spiro atoms. The van der Waals surface area contributed by atoms with Crippen molar-refractivity contribution in [1.82, 2.24) is 0 Å². The van der Waals surface area contributed by atoms with E-state index in [0.717, 1.165) is 103 Å². The number of likely N-dealkylation sites (N-methyl/N-ethyl adjacent to an activating group) is 1. The van der Waals surface area contributed by atoms with Crippen LogP contribution in [0.15, 0.2) is 85.1 Å². The number of allylic oxidation sites excluding steroid dienone is 14. The maximum atomic E-state index is 12.7. The highest BCUT2D eigenvalue weighted by Crippen LogP contribution is 2.38. The van der Waals surface area contributed by atoms with E-state index in [9.17, 15) is 19.0 Å². The zero-order valence-corrected chi connectivity index (χ0v) is 36.7. The predicted octanol–water partition coefficient (Wildman–Crippen LogP) is 11.4. The molecule has 320 valence electrons. The van der Waals surface area contributed by atoms with Gasteiger partial charge < -0.3 is 27.9 Å². The number of phosphoric acid groups is 1. The average molecular weight is 804 g/mol. The second kappa shape index (κ2) is 37.7. The highest BCUT2D eigenvalue weighted by atomic mass is 31.2. The highest BCUT2D eigenvalue weighted by Gasteiger charge is 2.21. The molecule has 0 fully saturated rings. The first-order chi connectivity index (χ1) is 27.0. The molecule has 0 saturated carbocycles. The number of unbranched alkanes of at least 4 members (excludes halogenated alkanes) is 9. The number of carbonyl (C=O) groups excluding carboxylic acids is 2. The van der Waals surface area contributed by atoms with Gasteiger partial charge in [-0.05, 0) is 83.5 Å². The number of phosphoric ester groups is 1. The molecule has 2 atom stereocenters. The van der Waals surface area contributed by atoms with Gasteiger partial charge in [0.15, 0.2) is 6.10 Å². The largest absolute Gasteiger partial charge is 0.756 e. The number of hydrogen-bond donors (Lipinski definition) is 0. The van der Waals surface area contributed by atoms with Crippen LogP contribution < -0.4 is 4.89 Å². The first kappa shape index (κ1) is 53.2. The van der Waals surface area contributed by atoms with E-state index in [-0.39, 0.29) is 26.1 Å². The molecular weight excluding hydrogens is 725 g/mol. The van der Waals surface area contributed by atoms with Crippen molar-refractivity contribution in [2.45, 2.75) is 148 Å². The lowest BCUT2D eigenvalue weighted by Crippen LogP contribution is -2.37. The number of hydrogen-bond acceptors (Lipinski definition) is 8. The summed E-state index contributed by atoms with van der Waals surface area (Å²) in [7, 11) is 1.12. The summed E-state index contributed by atoms with van der Waals surface area (Å²) in [6, 6.07) is 0. The molecule has 0 heterocycles. The molecule has 9 nitrogen and oxygen atoms in total. The van der Waals surface area contributed by atoms with E-state index in [1.165, 1.54) is 0 Å². The molecule has 0 N–H and O–H groups in total. The van der Waals surface area contributed by atoms with Crippen LogP contribution in [0.3, 0.4) is 0 Å². The maximum absolute atomic E-state index is 12.7. The van der Waals surface area contributed by atoms with Crippen molar-refractivity contribution in [1.29, 1.82) is 0 Å². The molecule has 0 amide bonds. The van der Waals surface area contributed by atoms with E-state index in [2.05, 4.69) is 98.9 Å². The van der Waals surface area contributed by atoms with Crippen LogP contribution in [0.5, 0.6) is 0 Å². The molecule has 0 aliphatic carbocycles. The number of rotatable bonds is 37. The van der Waals surface area contributed by atoms with Crippen molar-refractivity contribution >= 4 is 19.8 Å². The van der Waals surface area contributed by atoms with Crippen molar-refractivity contribution in [3.63, 3.8) is 0 Å². The third-order valence-corrected chi connectivity index (χ3v) is 9.37. The van der Waals surface area contributed by atoms with Gasteiger partial charge in [-0.25, -0.2) is 0 Å². The second-order valence-corrected chi connectivity index (χ2v) is 16.4. The van der Waals surface area contributed by atoms with Gasteiger partial charge in [-0.2, -0.15) is 0 Å². The molecule has 10 heteroatoms. The fourth-order valence-corrected chi connectivity index (χ4v) is 5.86. The molecule has 2 unspecified atom stereocenters.